The van der Waals surface area contributed by atoms with Gasteiger partial charge >= 0.3 is 0 Å². The van der Waals surface area contributed by atoms with Gasteiger partial charge in [0.15, 0.2) is 0 Å². The van der Waals surface area contributed by atoms with Crippen LogP contribution in [0, 0.1) is 0 Å². The molecule has 0 aliphatic carbocycles. The Morgan fingerprint density at radius 2 is 2.00 bits per heavy atom. The molecule has 0 saturated carbocycles. The molecule has 1 aromatic rings. The maximum Gasteiger partial charge on any atom is 0.128 e. The highest BCUT2D eigenvalue weighted by atomic mass is 16.5. The lowest BCUT2D eigenvalue weighted by Crippen LogP contribution is -2.37. The number of rotatable bonds is 5. The van der Waals surface area contributed by atoms with Crippen LogP contribution in [-0.2, 0) is 10.2 Å². The number of hydrogen-bond acceptors (Lipinski definition) is 4. The van der Waals surface area contributed by atoms with Gasteiger partial charge in [-0.2, -0.15) is 0 Å². The molecule has 2 rings (SSSR count). The van der Waals surface area contributed by atoms with Crippen molar-refractivity contribution in [2.75, 3.05) is 31.1 Å². The summed E-state index contributed by atoms with van der Waals surface area (Å²) in [5, 5.41) is 0. The minimum Gasteiger partial charge on any atom is -0.378 e. The lowest BCUT2D eigenvalue weighted by molar-refractivity contribution is 0.0365. The van der Waals surface area contributed by atoms with Gasteiger partial charge in [-0.1, -0.05) is 26.8 Å². The smallest absolute Gasteiger partial charge is 0.128 e. The minimum atomic E-state index is 0.162. The van der Waals surface area contributed by atoms with Gasteiger partial charge in [-0.15, -0.1) is 0 Å². The Morgan fingerprint density at radius 1 is 1.29 bits per heavy atom. The van der Waals surface area contributed by atoms with Crippen molar-refractivity contribution in [3.63, 3.8) is 0 Å². The lowest BCUT2D eigenvalue weighted by atomic mass is 9.88. The number of nitrogens with two attached hydrogens (primary N) is 1. The van der Waals surface area contributed by atoms with E-state index < -0.39 is 0 Å². The summed E-state index contributed by atoms with van der Waals surface area (Å²) < 4.78 is 5.84. The lowest BCUT2D eigenvalue weighted by Gasteiger charge is -2.33. The summed E-state index contributed by atoms with van der Waals surface area (Å²) in [4.78, 5) is 6.99. The fourth-order valence-corrected chi connectivity index (χ4v) is 2.60. The van der Waals surface area contributed by atoms with Gasteiger partial charge in [0.25, 0.3) is 0 Å². The van der Waals surface area contributed by atoms with E-state index in [1.54, 1.807) is 0 Å². The van der Waals surface area contributed by atoms with Gasteiger partial charge in [-0.25, -0.2) is 4.98 Å². The molecule has 0 atom stereocenters. The average molecular weight is 291 g/mol. The molecule has 2 N–H and O–H groups in total. The van der Waals surface area contributed by atoms with Crippen molar-refractivity contribution < 1.29 is 4.74 Å². The second-order valence-electron chi connectivity index (χ2n) is 6.85. The predicted octanol–water partition coefficient (Wildman–Crippen LogP) is 2.71. The van der Waals surface area contributed by atoms with Gasteiger partial charge in [0.2, 0.25) is 0 Å². The third-order valence-corrected chi connectivity index (χ3v) is 4.08. The Labute approximate surface area is 128 Å². The Bertz CT molecular complexity index is 417. The van der Waals surface area contributed by atoms with Crippen molar-refractivity contribution in [2.45, 2.75) is 51.6 Å². The highest BCUT2D eigenvalue weighted by Gasteiger charge is 2.21. The molecule has 2 heterocycles. The third kappa shape index (κ3) is 4.68. The molecule has 1 fully saturated rings. The Balaban J connectivity index is 1.85. The van der Waals surface area contributed by atoms with E-state index in [9.17, 15) is 0 Å². The molecule has 0 radical (unpaired) electrons. The summed E-state index contributed by atoms with van der Waals surface area (Å²) in [7, 11) is 0. The first kappa shape index (κ1) is 16.2. The van der Waals surface area contributed by atoms with Gasteiger partial charge in [-0.05, 0) is 42.9 Å². The molecule has 4 nitrogen and oxygen atoms in total. The van der Waals surface area contributed by atoms with Crippen LogP contribution in [0.25, 0.3) is 0 Å². The minimum absolute atomic E-state index is 0.162. The summed E-state index contributed by atoms with van der Waals surface area (Å²) in [6.45, 7) is 10.2. The van der Waals surface area contributed by atoms with Crippen molar-refractivity contribution in [3.8, 4) is 0 Å². The van der Waals surface area contributed by atoms with Gasteiger partial charge in [-0.3, -0.25) is 0 Å². The maximum absolute atomic E-state index is 5.84. The number of aromatic nitrogens is 1. The zero-order valence-corrected chi connectivity index (χ0v) is 13.6. The molecule has 1 saturated heterocycles. The number of piperidine rings is 1. The summed E-state index contributed by atoms with van der Waals surface area (Å²) in [6.07, 6.45) is 5.51. The molecule has 118 valence electrons. The highest BCUT2D eigenvalue weighted by Crippen LogP contribution is 2.24. The summed E-state index contributed by atoms with van der Waals surface area (Å²) in [5.74, 6) is 1.09. The molecule has 0 bridgehead atoms. The zero-order chi connectivity index (χ0) is 15.3. The summed E-state index contributed by atoms with van der Waals surface area (Å²) in [5.41, 5.74) is 6.93. The van der Waals surface area contributed by atoms with Crippen LogP contribution in [0.3, 0.4) is 0 Å². The SMILES string of the molecule is CC(C)(C)c1ccc(N2CCC(OCCCN)CC2)nc1. The number of pyridine rings is 1. The van der Waals surface area contributed by atoms with E-state index >= 15 is 0 Å². The van der Waals surface area contributed by atoms with Crippen LogP contribution < -0.4 is 10.6 Å². The van der Waals surface area contributed by atoms with Crippen molar-refractivity contribution in [3.05, 3.63) is 23.9 Å². The fourth-order valence-electron chi connectivity index (χ4n) is 2.60. The molecule has 21 heavy (non-hydrogen) atoms. The first-order valence-corrected chi connectivity index (χ1v) is 8.04. The summed E-state index contributed by atoms with van der Waals surface area (Å²) >= 11 is 0. The average Bonchev–Trinajstić information content (AvgIpc) is 2.48. The Morgan fingerprint density at radius 3 is 2.52 bits per heavy atom. The van der Waals surface area contributed by atoms with Gasteiger partial charge in [0.05, 0.1) is 6.10 Å². The quantitative estimate of drug-likeness (QED) is 0.848. The third-order valence-electron chi connectivity index (χ3n) is 4.08. The molecule has 0 amide bonds. The van der Waals surface area contributed by atoms with E-state index in [1.807, 2.05) is 6.20 Å². The fraction of sp³-hybridized carbons (Fsp3) is 0.706. The van der Waals surface area contributed by atoms with Crippen LogP contribution in [0.2, 0.25) is 0 Å². The van der Waals surface area contributed by atoms with Gasteiger partial charge in [0.1, 0.15) is 5.82 Å². The number of hydrogen-bond donors (Lipinski definition) is 1. The largest absolute Gasteiger partial charge is 0.378 e. The molecule has 1 aliphatic rings. The zero-order valence-electron chi connectivity index (χ0n) is 13.6. The van der Waals surface area contributed by atoms with Crippen LogP contribution in [-0.4, -0.2) is 37.3 Å². The summed E-state index contributed by atoms with van der Waals surface area (Å²) in [6, 6.07) is 4.35. The van der Waals surface area contributed by atoms with Crippen LogP contribution in [0.1, 0.15) is 45.6 Å². The van der Waals surface area contributed by atoms with Crippen LogP contribution in [0.15, 0.2) is 18.3 Å². The molecule has 1 aliphatic heterocycles. The number of anilines is 1. The molecular formula is C17H29N3O. The topological polar surface area (TPSA) is 51.4 Å². The highest BCUT2D eigenvalue weighted by molar-refractivity contribution is 5.40. The number of ether oxygens (including phenoxy) is 1. The molecule has 0 spiro atoms. The van der Waals surface area contributed by atoms with E-state index in [2.05, 4.69) is 42.8 Å². The van der Waals surface area contributed by atoms with E-state index in [4.69, 9.17) is 10.5 Å². The van der Waals surface area contributed by atoms with Crippen molar-refractivity contribution in [2.24, 2.45) is 5.73 Å². The predicted molar refractivity (Wildman–Crippen MR) is 87.8 cm³/mol. The first-order chi connectivity index (χ1) is 10.0. The van der Waals surface area contributed by atoms with Gasteiger partial charge in [0, 0.05) is 25.9 Å². The van der Waals surface area contributed by atoms with Crippen LogP contribution in [0.5, 0.6) is 0 Å². The molecule has 0 aromatic carbocycles. The second kappa shape index (κ2) is 7.23. The molecule has 0 unspecified atom stereocenters. The van der Waals surface area contributed by atoms with Gasteiger partial charge < -0.3 is 15.4 Å². The van der Waals surface area contributed by atoms with Crippen LogP contribution in [0.4, 0.5) is 5.82 Å². The Kier molecular flexibility index (Phi) is 5.59. The standard InChI is InChI=1S/C17H29N3O/c1-17(2,3)14-5-6-16(19-13-14)20-10-7-15(8-11-20)21-12-4-9-18/h5-6,13,15H,4,7-12,18H2,1-3H3. The number of nitrogens with zero attached hydrogens (tertiary/aromatic N) is 2. The monoisotopic (exact) mass is 291 g/mol. The normalized spacial score (nSPS) is 17.2. The second-order valence-corrected chi connectivity index (χ2v) is 6.85. The maximum atomic E-state index is 5.84. The van der Waals surface area contributed by atoms with E-state index in [-0.39, 0.29) is 5.41 Å². The van der Waals surface area contributed by atoms with Crippen LogP contribution >= 0.6 is 0 Å². The molecule has 4 heteroatoms. The van der Waals surface area contributed by atoms with Crippen molar-refractivity contribution >= 4 is 5.82 Å². The van der Waals surface area contributed by atoms with E-state index in [0.29, 0.717) is 12.6 Å². The molecule has 1 aromatic heterocycles. The van der Waals surface area contributed by atoms with Crippen molar-refractivity contribution in [1.29, 1.82) is 0 Å². The van der Waals surface area contributed by atoms with Crippen molar-refractivity contribution in [1.82, 2.24) is 4.98 Å². The molecular weight excluding hydrogens is 262 g/mol. The van der Waals surface area contributed by atoms with E-state index in [0.717, 1.165) is 44.8 Å². The van der Waals surface area contributed by atoms with E-state index in [1.165, 1.54) is 5.56 Å². The first-order valence-electron chi connectivity index (χ1n) is 8.04. The Hall–Kier alpha value is -1.13.